The molecule has 0 aliphatic heterocycles. The Morgan fingerprint density at radius 2 is 1.90 bits per heavy atom. The van der Waals surface area contributed by atoms with Crippen LogP contribution >= 0.6 is 11.6 Å². The van der Waals surface area contributed by atoms with Crippen LogP contribution in [0.4, 0.5) is 5.69 Å². The third-order valence-electron chi connectivity index (χ3n) is 3.71. The largest absolute Gasteiger partial charge is 0.490 e. The van der Waals surface area contributed by atoms with Crippen LogP contribution in [0, 0.1) is 12.3 Å². The highest BCUT2D eigenvalue weighted by Gasteiger charge is 2.09. The van der Waals surface area contributed by atoms with Crippen molar-refractivity contribution in [3.05, 3.63) is 53.1 Å². The number of carbonyl (C=O) groups excluding carboxylic acids is 2. The lowest BCUT2D eigenvalue weighted by molar-refractivity contribution is -0.124. The number of benzene rings is 2. The normalized spacial score (nSPS) is 10.3. The molecule has 156 valence electrons. The number of nitrogens with zero attached hydrogens (tertiary/aromatic N) is 1. The van der Waals surface area contributed by atoms with Gasteiger partial charge in [-0.2, -0.15) is 5.10 Å². The molecule has 0 atom stereocenters. The topological polar surface area (TPSA) is 89.0 Å². The second-order valence-electron chi connectivity index (χ2n) is 5.95. The number of anilines is 1. The fourth-order valence-corrected chi connectivity index (χ4v) is 2.53. The number of ether oxygens (including phenoxy) is 2. The zero-order valence-corrected chi connectivity index (χ0v) is 17.2. The lowest BCUT2D eigenvalue weighted by atomic mass is 10.2. The molecule has 0 aromatic heterocycles. The number of halogens is 1. The van der Waals surface area contributed by atoms with E-state index in [0.717, 1.165) is 0 Å². The summed E-state index contributed by atoms with van der Waals surface area (Å²) in [5, 5.41) is 7.00. The predicted octanol–water partition coefficient (Wildman–Crippen LogP) is 3.62. The van der Waals surface area contributed by atoms with Crippen molar-refractivity contribution in [3.8, 4) is 23.8 Å². The Labute approximate surface area is 180 Å². The lowest BCUT2D eigenvalue weighted by Crippen LogP contribution is -2.20. The molecule has 0 aliphatic rings. The molecular weight excluding hydrogens is 406 g/mol. The zero-order valence-electron chi connectivity index (χ0n) is 16.5. The van der Waals surface area contributed by atoms with Gasteiger partial charge in [-0.3, -0.25) is 9.59 Å². The van der Waals surface area contributed by atoms with Gasteiger partial charge in [-0.25, -0.2) is 5.43 Å². The molecule has 2 aromatic carbocycles. The molecule has 0 heterocycles. The van der Waals surface area contributed by atoms with Crippen LogP contribution in [0.25, 0.3) is 0 Å². The summed E-state index contributed by atoms with van der Waals surface area (Å²) in [6.45, 7) is 2.45. The predicted molar refractivity (Wildman–Crippen MR) is 117 cm³/mol. The van der Waals surface area contributed by atoms with Gasteiger partial charge in [0.15, 0.2) is 11.5 Å². The first-order chi connectivity index (χ1) is 14.5. The number of nitrogens with one attached hydrogen (secondary N) is 2. The zero-order chi connectivity index (χ0) is 21.8. The molecule has 7 nitrogen and oxygen atoms in total. The number of carbonyl (C=O) groups is 2. The van der Waals surface area contributed by atoms with Gasteiger partial charge in [-0.05, 0) is 42.8 Å². The Balaban J connectivity index is 1.83. The highest BCUT2D eigenvalue weighted by atomic mass is 35.5. The molecule has 0 saturated heterocycles. The van der Waals surface area contributed by atoms with Crippen molar-refractivity contribution in [3.63, 3.8) is 0 Å². The van der Waals surface area contributed by atoms with Crippen molar-refractivity contribution in [1.82, 2.24) is 5.43 Å². The first-order valence-electron chi connectivity index (χ1n) is 9.23. The third kappa shape index (κ3) is 7.49. The van der Waals surface area contributed by atoms with Gasteiger partial charge in [-0.1, -0.05) is 29.7 Å². The van der Waals surface area contributed by atoms with Crippen LogP contribution in [-0.2, 0) is 9.59 Å². The van der Waals surface area contributed by atoms with Crippen molar-refractivity contribution < 1.29 is 19.1 Å². The maximum atomic E-state index is 11.9. The molecule has 30 heavy (non-hydrogen) atoms. The monoisotopic (exact) mass is 427 g/mol. The van der Waals surface area contributed by atoms with E-state index >= 15 is 0 Å². The number of para-hydroxylation sites is 1. The van der Waals surface area contributed by atoms with Crippen molar-refractivity contribution >= 4 is 35.3 Å². The average molecular weight is 428 g/mol. The first kappa shape index (κ1) is 22.8. The van der Waals surface area contributed by atoms with Gasteiger partial charge in [0.2, 0.25) is 11.8 Å². The molecule has 0 bridgehead atoms. The molecule has 0 spiro atoms. The highest BCUT2D eigenvalue weighted by molar-refractivity contribution is 6.33. The van der Waals surface area contributed by atoms with Crippen LogP contribution in [0.2, 0.25) is 5.02 Å². The fourth-order valence-electron chi connectivity index (χ4n) is 2.35. The van der Waals surface area contributed by atoms with Crippen LogP contribution < -0.4 is 20.2 Å². The van der Waals surface area contributed by atoms with E-state index in [0.29, 0.717) is 34.4 Å². The Morgan fingerprint density at radius 1 is 1.13 bits per heavy atom. The van der Waals surface area contributed by atoms with Gasteiger partial charge in [0.05, 0.1) is 23.5 Å². The van der Waals surface area contributed by atoms with Crippen LogP contribution in [0.5, 0.6) is 11.5 Å². The first-order valence-corrected chi connectivity index (χ1v) is 9.60. The number of hydrogen-bond donors (Lipinski definition) is 2. The molecule has 2 N–H and O–H groups in total. The van der Waals surface area contributed by atoms with Crippen LogP contribution in [-0.4, -0.2) is 31.2 Å². The van der Waals surface area contributed by atoms with Crippen molar-refractivity contribution in [2.24, 2.45) is 5.10 Å². The second kappa shape index (κ2) is 12.1. The minimum Gasteiger partial charge on any atom is -0.490 e. The summed E-state index contributed by atoms with van der Waals surface area (Å²) in [5.74, 6) is 2.75. The van der Waals surface area contributed by atoms with Crippen LogP contribution in [0.3, 0.4) is 0 Å². The Kier molecular flexibility index (Phi) is 9.22. The summed E-state index contributed by atoms with van der Waals surface area (Å²) < 4.78 is 10.9. The van der Waals surface area contributed by atoms with Crippen LogP contribution in [0.15, 0.2) is 47.6 Å². The van der Waals surface area contributed by atoms with E-state index < -0.39 is 0 Å². The lowest BCUT2D eigenvalue weighted by Gasteiger charge is -2.10. The van der Waals surface area contributed by atoms with Gasteiger partial charge in [0.1, 0.15) is 6.61 Å². The highest BCUT2D eigenvalue weighted by Crippen LogP contribution is 2.28. The smallest absolute Gasteiger partial charge is 0.240 e. The molecule has 0 fully saturated rings. The molecule has 8 heteroatoms. The molecule has 2 rings (SSSR count). The molecule has 0 saturated carbocycles. The number of hydrazone groups is 1. The maximum Gasteiger partial charge on any atom is 0.240 e. The Hall–Kier alpha value is -3.50. The summed E-state index contributed by atoms with van der Waals surface area (Å²) >= 11 is 5.98. The van der Waals surface area contributed by atoms with E-state index in [-0.39, 0.29) is 31.3 Å². The summed E-state index contributed by atoms with van der Waals surface area (Å²) in [5.41, 5.74) is 3.59. The van der Waals surface area contributed by atoms with E-state index in [2.05, 4.69) is 21.8 Å². The Bertz CT molecular complexity index is 954. The maximum absolute atomic E-state index is 11.9. The van der Waals surface area contributed by atoms with Gasteiger partial charge in [-0.15, -0.1) is 6.42 Å². The van der Waals surface area contributed by atoms with Gasteiger partial charge in [0, 0.05) is 12.8 Å². The summed E-state index contributed by atoms with van der Waals surface area (Å²) in [6.07, 6.45) is 6.66. The quantitative estimate of drug-likeness (QED) is 0.344. The van der Waals surface area contributed by atoms with E-state index in [4.69, 9.17) is 27.5 Å². The van der Waals surface area contributed by atoms with E-state index in [1.807, 2.05) is 6.92 Å². The number of hydrogen-bond acceptors (Lipinski definition) is 5. The molecule has 2 amide bonds. The minimum absolute atomic E-state index is 0.00226. The van der Waals surface area contributed by atoms with E-state index in [1.165, 1.54) is 6.21 Å². The Morgan fingerprint density at radius 3 is 2.63 bits per heavy atom. The second-order valence-corrected chi connectivity index (χ2v) is 6.36. The van der Waals surface area contributed by atoms with Crippen molar-refractivity contribution in [2.75, 3.05) is 18.5 Å². The van der Waals surface area contributed by atoms with Crippen molar-refractivity contribution in [2.45, 2.75) is 19.8 Å². The van der Waals surface area contributed by atoms with Gasteiger partial charge in [0.25, 0.3) is 0 Å². The number of rotatable bonds is 10. The molecule has 0 unspecified atom stereocenters. The number of terminal acetylenes is 1. The van der Waals surface area contributed by atoms with Crippen LogP contribution in [0.1, 0.15) is 25.3 Å². The molecule has 0 radical (unpaired) electrons. The molecular formula is C22H22ClN3O4. The standard InChI is InChI=1S/C22H22ClN3O4/c1-3-13-30-19-10-9-16(14-20(19)29-4-2)15-24-26-22(28)12-11-21(27)25-18-8-6-5-7-17(18)23/h1,5-10,14-15H,4,11-13H2,2H3,(H,25,27)(H,26,28). The fraction of sp³-hybridized carbons (Fsp3) is 0.227. The summed E-state index contributed by atoms with van der Waals surface area (Å²) in [4.78, 5) is 23.8. The van der Waals surface area contributed by atoms with Crippen molar-refractivity contribution in [1.29, 1.82) is 0 Å². The average Bonchev–Trinajstić information content (AvgIpc) is 2.73. The number of amides is 2. The minimum atomic E-state index is -0.389. The summed E-state index contributed by atoms with van der Waals surface area (Å²) in [6, 6.07) is 12.1. The van der Waals surface area contributed by atoms with E-state index in [9.17, 15) is 9.59 Å². The summed E-state index contributed by atoms with van der Waals surface area (Å²) in [7, 11) is 0. The van der Waals surface area contributed by atoms with Gasteiger partial charge >= 0.3 is 0 Å². The van der Waals surface area contributed by atoms with E-state index in [1.54, 1.807) is 42.5 Å². The SMILES string of the molecule is C#CCOc1ccc(C=NNC(=O)CCC(=O)Nc2ccccc2Cl)cc1OCC. The van der Waals surface area contributed by atoms with Gasteiger partial charge < -0.3 is 14.8 Å². The third-order valence-corrected chi connectivity index (χ3v) is 4.04. The molecule has 0 aliphatic carbocycles. The molecule has 2 aromatic rings.